The normalized spacial score (nSPS) is 10.9. The second-order valence-corrected chi connectivity index (χ2v) is 7.14. The Morgan fingerprint density at radius 2 is 2.04 bits per heavy atom. The van der Waals surface area contributed by atoms with Crippen molar-refractivity contribution in [2.45, 2.75) is 37.9 Å². The van der Waals surface area contributed by atoms with Gasteiger partial charge in [-0.1, -0.05) is 53.2 Å². The van der Waals surface area contributed by atoms with Crippen molar-refractivity contribution >= 4 is 23.4 Å². The first-order chi connectivity index (χ1) is 12.6. The first-order valence-electron chi connectivity index (χ1n) is 8.25. The van der Waals surface area contributed by atoms with Crippen LogP contribution in [-0.4, -0.2) is 14.8 Å². The number of nitrogens with zero attached hydrogens (tertiary/aromatic N) is 3. The molecule has 136 valence electrons. The van der Waals surface area contributed by atoms with Crippen molar-refractivity contribution in [1.29, 1.82) is 0 Å². The molecule has 0 bridgehead atoms. The summed E-state index contributed by atoms with van der Waals surface area (Å²) < 4.78 is 20.9. The van der Waals surface area contributed by atoms with E-state index in [1.54, 1.807) is 17.8 Å². The van der Waals surface area contributed by atoms with Crippen LogP contribution in [0.3, 0.4) is 0 Å². The van der Waals surface area contributed by atoms with E-state index < -0.39 is 5.82 Å². The highest BCUT2D eigenvalue weighted by molar-refractivity contribution is 7.98. The van der Waals surface area contributed by atoms with E-state index in [9.17, 15) is 4.39 Å². The molecule has 0 N–H and O–H groups in total. The number of rotatable bonds is 7. The van der Waals surface area contributed by atoms with E-state index in [4.69, 9.17) is 16.3 Å². The van der Waals surface area contributed by atoms with Gasteiger partial charge in [-0.05, 0) is 31.5 Å². The van der Waals surface area contributed by atoms with Crippen molar-refractivity contribution in [1.82, 2.24) is 14.8 Å². The molecule has 0 radical (unpaired) electrons. The zero-order valence-electron chi connectivity index (χ0n) is 14.6. The summed E-state index contributed by atoms with van der Waals surface area (Å²) in [4.78, 5) is 0. The van der Waals surface area contributed by atoms with Crippen molar-refractivity contribution in [3.8, 4) is 5.75 Å². The van der Waals surface area contributed by atoms with E-state index in [0.717, 1.165) is 23.3 Å². The van der Waals surface area contributed by atoms with Crippen LogP contribution < -0.4 is 4.74 Å². The summed E-state index contributed by atoms with van der Waals surface area (Å²) in [6.07, 6.45) is 0. The van der Waals surface area contributed by atoms with Gasteiger partial charge in [-0.15, -0.1) is 10.2 Å². The Morgan fingerprint density at radius 1 is 1.19 bits per heavy atom. The molecule has 0 aliphatic rings. The Morgan fingerprint density at radius 3 is 2.77 bits per heavy atom. The average Bonchev–Trinajstić information content (AvgIpc) is 3.03. The summed E-state index contributed by atoms with van der Waals surface area (Å²) in [7, 11) is 0. The number of hydrogen-bond acceptors (Lipinski definition) is 4. The lowest BCUT2D eigenvalue weighted by molar-refractivity contribution is 0.288. The summed E-state index contributed by atoms with van der Waals surface area (Å²) in [5.41, 5.74) is 2.49. The minimum atomic E-state index is -0.467. The predicted molar refractivity (Wildman–Crippen MR) is 102 cm³/mol. The molecule has 1 heterocycles. The predicted octanol–water partition coefficient (Wildman–Crippen LogP) is 5.27. The lowest BCUT2D eigenvalue weighted by Crippen LogP contribution is -2.07. The molecule has 0 amide bonds. The highest BCUT2D eigenvalue weighted by Crippen LogP contribution is 2.24. The molecule has 1 aromatic heterocycles. The summed E-state index contributed by atoms with van der Waals surface area (Å²) in [6, 6.07) is 12.7. The van der Waals surface area contributed by atoms with Crippen molar-refractivity contribution < 1.29 is 9.13 Å². The van der Waals surface area contributed by atoms with Crippen LogP contribution >= 0.6 is 23.4 Å². The first-order valence-corrected chi connectivity index (χ1v) is 9.61. The lowest BCUT2D eigenvalue weighted by atomic mass is 10.2. The van der Waals surface area contributed by atoms with E-state index >= 15 is 0 Å². The number of halogens is 2. The second-order valence-electron chi connectivity index (χ2n) is 5.79. The van der Waals surface area contributed by atoms with Gasteiger partial charge in [0.25, 0.3) is 0 Å². The maximum absolute atomic E-state index is 13.2. The van der Waals surface area contributed by atoms with Crippen LogP contribution in [0.5, 0.6) is 5.75 Å². The van der Waals surface area contributed by atoms with Crippen LogP contribution in [0.15, 0.2) is 47.6 Å². The number of hydrogen-bond donors (Lipinski definition) is 0. The fourth-order valence-electron chi connectivity index (χ4n) is 2.51. The summed E-state index contributed by atoms with van der Waals surface area (Å²) in [5, 5.41) is 9.40. The molecule has 0 atom stereocenters. The molecule has 0 saturated carbocycles. The Hall–Kier alpha value is -2.05. The van der Waals surface area contributed by atoms with E-state index in [-0.39, 0.29) is 11.6 Å². The minimum Gasteiger partial charge on any atom is -0.486 e. The number of aromatic nitrogens is 3. The summed E-state index contributed by atoms with van der Waals surface area (Å²) >= 11 is 7.42. The second kappa shape index (κ2) is 8.56. The lowest BCUT2D eigenvalue weighted by Gasteiger charge is -2.09. The fourth-order valence-corrected chi connectivity index (χ4v) is 3.65. The van der Waals surface area contributed by atoms with Crippen LogP contribution in [0, 0.1) is 12.7 Å². The Labute approximate surface area is 161 Å². The zero-order valence-corrected chi connectivity index (χ0v) is 16.1. The fraction of sp³-hybridized carbons (Fsp3) is 0.263. The number of ether oxygens (including phenoxy) is 1. The van der Waals surface area contributed by atoms with Gasteiger partial charge in [0.2, 0.25) is 0 Å². The molecule has 0 aliphatic heterocycles. The topological polar surface area (TPSA) is 39.9 Å². The molecule has 26 heavy (non-hydrogen) atoms. The maximum atomic E-state index is 13.2. The van der Waals surface area contributed by atoms with Crippen LogP contribution in [-0.2, 0) is 18.9 Å². The van der Waals surface area contributed by atoms with Crippen molar-refractivity contribution in [2.24, 2.45) is 0 Å². The van der Waals surface area contributed by atoms with E-state index in [1.165, 1.54) is 23.3 Å². The van der Waals surface area contributed by atoms with Crippen LogP contribution in [0.2, 0.25) is 5.02 Å². The molecule has 0 fully saturated rings. The highest BCUT2D eigenvalue weighted by atomic mass is 35.5. The van der Waals surface area contributed by atoms with Crippen LogP contribution in [0.25, 0.3) is 0 Å². The molecule has 0 saturated heterocycles. The third kappa shape index (κ3) is 4.56. The van der Waals surface area contributed by atoms with Gasteiger partial charge in [0, 0.05) is 18.4 Å². The smallest absolute Gasteiger partial charge is 0.191 e. The van der Waals surface area contributed by atoms with Crippen LogP contribution in [0.1, 0.15) is 23.9 Å². The van der Waals surface area contributed by atoms with Gasteiger partial charge >= 0.3 is 0 Å². The molecular formula is C19H19ClFN3OS. The largest absolute Gasteiger partial charge is 0.486 e. The number of thioether (sulfide) groups is 1. The van der Waals surface area contributed by atoms with Gasteiger partial charge < -0.3 is 9.30 Å². The monoisotopic (exact) mass is 391 g/mol. The quantitative estimate of drug-likeness (QED) is 0.514. The molecule has 4 nitrogen and oxygen atoms in total. The third-order valence-corrected chi connectivity index (χ3v) is 5.15. The van der Waals surface area contributed by atoms with E-state index in [2.05, 4.69) is 41.4 Å². The minimum absolute atomic E-state index is 0.0360. The van der Waals surface area contributed by atoms with Crippen molar-refractivity contribution in [3.05, 3.63) is 70.3 Å². The maximum Gasteiger partial charge on any atom is 0.191 e. The van der Waals surface area contributed by atoms with Crippen molar-refractivity contribution in [2.75, 3.05) is 0 Å². The Balaban J connectivity index is 1.66. The molecule has 0 spiro atoms. The SMILES string of the molecule is CCn1c(COc2ccc(F)c(Cl)c2)nnc1SCc1cccc(C)c1. The first kappa shape index (κ1) is 18.7. The number of aryl methyl sites for hydroxylation is 1. The molecular weight excluding hydrogens is 373 g/mol. The number of benzene rings is 2. The molecule has 0 unspecified atom stereocenters. The third-order valence-electron chi connectivity index (χ3n) is 3.82. The summed E-state index contributed by atoms with van der Waals surface area (Å²) in [6.45, 7) is 5.11. The van der Waals surface area contributed by atoms with Gasteiger partial charge in [0.1, 0.15) is 18.2 Å². The standard InChI is InChI=1S/C19H19ClFN3OS/c1-3-24-18(11-25-15-7-8-17(21)16(20)10-15)22-23-19(24)26-12-14-6-4-5-13(2)9-14/h4-10H,3,11-12H2,1-2H3. The summed E-state index contributed by atoms with van der Waals surface area (Å²) in [5.74, 6) is 1.58. The van der Waals surface area contributed by atoms with Crippen LogP contribution in [0.4, 0.5) is 4.39 Å². The van der Waals surface area contributed by atoms with Gasteiger partial charge in [0.15, 0.2) is 11.0 Å². The van der Waals surface area contributed by atoms with Crippen molar-refractivity contribution in [3.63, 3.8) is 0 Å². The molecule has 3 aromatic rings. The zero-order chi connectivity index (χ0) is 18.5. The molecule has 2 aromatic carbocycles. The van der Waals surface area contributed by atoms with E-state index in [1.807, 2.05) is 11.5 Å². The van der Waals surface area contributed by atoms with Gasteiger partial charge in [0.05, 0.1) is 5.02 Å². The highest BCUT2D eigenvalue weighted by Gasteiger charge is 2.12. The van der Waals surface area contributed by atoms with Gasteiger partial charge in [-0.3, -0.25) is 0 Å². The Bertz CT molecular complexity index is 900. The van der Waals surface area contributed by atoms with Gasteiger partial charge in [-0.25, -0.2) is 4.39 Å². The van der Waals surface area contributed by atoms with Gasteiger partial charge in [-0.2, -0.15) is 0 Å². The average molecular weight is 392 g/mol. The molecule has 0 aliphatic carbocycles. The molecule has 3 rings (SSSR count). The molecule has 7 heteroatoms. The Kier molecular flexibility index (Phi) is 6.16. The van der Waals surface area contributed by atoms with E-state index in [0.29, 0.717) is 5.75 Å².